The smallest absolute Gasteiger partial charge is 0.291 e. The number of rotatable bonds is 2. The number of fused-ring (bicyclic) bond motifs is 1. The maximum absolute atomic E-state index is 11.8. The van der Waals surface area contributed by atoms with E-state index in [-0.39, 0.29) is 5.91 Å². The molecular weight excluding hydrogens is 228 g/mol. The molecule has 0 aliphatic carbocycles. The number of furan rings is 1. The quantitative estimate of drug-likeness (QED) is 0.880. The van der Waals surface area contributed by atoms with Crippen molar-refractivity contribution >= 4 is 11.6 Å². The fourth-order valence-electron chi connectivity index (χ4n) is 2.24. The van der Waals surface area contributed by atoms with Crippen molar-refractivity contribution in [2.45, 2.75) is 13.1 Å². The topological polar surface area (TPSA) is 45.5 Å². The lowest BCUT2D eigenvalue weighted by molar-refractivity contribution is 0.0996. The predicted molar refractivity (Wildman–Crippen MR) is 68.3 cm³/mol. The number of nitrogens with one attached hydrogen (secondary N) is 1. The van der Waals surface area contributed by atoms with E-state index in [9.17, 15) is 4.79 Å². The minimum Gasteiger partial charge on any atom is -0.459 e. The summed E-state index contributed by atoms with van der Waals surface area (Å²) in [6.07, 6.45) is 1.49. The van der Waals surface area contributed by atoms with Crippen LogP contribution in [0, 0.1) is 0 Å². The third kappa shape index (κ3) is 2.02. The van der Waals surface area contributed by atoms with Crippen LogP contribution in [0.25, 0.3) is 0 Å². The molecule has 1 N–H and O–H groups in total. The standard InChI is InChI=1S/C14H14N2O2/c1-16-8-10-4-5-12(7-11(10)9-16)15-14(17)13-3-2-6-18-13/h2-7H,8-9H2,1H3,(H,15,17). The third-order valence-electron chi connectivity index (χ3n) is 3.09. The number of amides is 1. The van der Waals surface area contributed by atoms with Gasteiger partial charge in [-0.25, -0.2) is 0 Å². The Hall–Kier alpha value is -2.07. The van der Waals surface area contributed by atoms with E-state index in [1.807, 2.05) is 12.1 Å². The lowest BCUT2D eigenvalue weighted by atomic mass is 10.1. The Kier molecular flexibility index (Phi) is 2.64. The van der Waals surface area contributed by atoms with E-state index in [1.165, 1.54) is 17.4 Å². The Morgan fingerprint density at radius 1 is 1.28 bits per heavy atom. The molecule has 0 radical (unpaired) electrons. The Morgan fingerprint density at radius 3 is 2.89 bits per heavy atom. The second-order valence-corrected chi connectivity index (χ2v) is 4.59. The summed E-state index contributed by atoms with van der Waals surface area (Å²) in [6.45, 7) is 1.90. The van der Waals surface area contributed by atoms with Crippen LogP contribution < -0.4 is 5.32 Å². The van der Waals surface area contributed by atoms with Crippen molar-refractivity contribution in [1.82, 2.24) is 4.90 Å². The number of nitrogens with zero attached hydrogens (tertiary/aromatic N) is 1. The van der Waals surface area contributed by atoms with E-state index in [0.29, 0.717) is 5.76 Å². The number of benzene rings is 1. The van der Waals surface area contributed by atoms with E-state index < -0.39 is 0 Å². The molecule has 4 nitrogen and oxygen atoms in total. The molecule has 4 heteroatoms. The predicted octanol–water partition coefficient (Wildman–Crippen LogP) is 2.48. The lowest BCUT2D eigenvalue weighted by Crippen LogP contribution is -2.11. The zero-order chi connectivity index (χ0) is 12.5. The van der Waals surface area contributed by atoms with Gasteiger partial charge in [-0.1, -0.05) is 6.07 Å². The van der Waals surface area contributed by atoms with Crippen molar-refractivity contribution in [3.63, 3.8) is 0 Å². The first kappa shape index (κ1) is 11.0. The second-order valence-electron chi connectivity index (χ2n) is 4.59. The van der Waals surface area contributed by atoms with Gasteiger partial charge in [0, 0.05) is 18.8 Å². The first-order valence-electron chi connectivity index (χ1n) is 5.87. The highest BCUT2D eigenvalue weighted by molar-refractivity contribution is 6.02. The summed E-state index contributed by atoms with van der Waals surface area (Å²) in [4.78, 5) is 14.1. The van der Waals surface area contributed by atoms with Crippen molar-refractivity contribution in [2.75, 3.05) is 12.4 Å². The van der Waals surface area contributed by atoms with Crippen LogP contribution in [0.15, 0.2) is 41.0 Å². The lowest BCUT2D eigenvalue weighted by Gasteiger charge is -2.05. The van der Waals surface area contributed by atoms with Crippen molar-refractivity contribution in [1.29, 1.82) is 0 Å². The number of carbonyl (C=O) groups is 1. The molecule has 3 rings (SSSR count). The van der Waals surface area contributed by atoms with Crippen LogP contribution in [0.3, 0.4) is 0 Å². The summed E-state index contributed by atoms with van der Waals surface area (Å²) in [6, 6.07) is 9.37. The maximum atomic E-state index is 11.8. The van der Waals surface area contributed by atoms with Crippen LogP contribution in [0.5, 0.6) is 0 Å². The Balaban J connectivity index is 1.78. The fourth-order valence-corrected chi connectivity index (χ4v) is 2.24. The molecule has 1 amide bonds. The molecule has 1 aliphatic heterocycles. The van der Waals surface area contributed by atoms with E-state index in [4.69, 9.17) is 4.42 Å². The molecule has 2 heterocycles. The Morgan fingerprint density at radius 2 is 2.11 bits per heavy atom. The Labute approximate surface area is 105 Å². The number of carbonyl (C=O) groups excluding carboxylic acids is 1. The molecule has 0 atom stereocenters. The third-order valence-corrected chi connectivity index (χ3v) is 3.09. The monoisotopic (exact) mass is 242 g/mol. The van der Waals surface area contributed by atoms with Crippen molar-refractivity contribution in [3.05, 3.63) is 53.5 Å². The molecule has 0 spiro atoms. The summed E-state index contributed by atoms with van der Waals surface area (Å²) in [5.74, 6) is 0.110. The van der Waals surface area contributed by atoms with E-state index in [2.05, 4.69) is 23.3 Å². The number of hydrogen-bond acceptors (Lipinski definition) is 3. The van der Waals surface area contributed by atoms with Gasteiger partial charge in [0.1, 0.15) is 0 Å². The zero-order valence-corrected chi connectivity index (χ0v) is 10.1. The number of anilines is 1. The summed E-state index contributed by atoms with van der Waals surface area (Å²) in [7, 11) is 2.08. The molecule has 0 fully saturated rings. The minimum absolute atomic E-state index is 0.216. The van der Waals surface area contributed by atoms with Gasteiger partial charge in [0.15, 0.2) is 5.76 Å². The SMILES string of the molecule is CN1Cc2ccc(NC(=O)c3ccco3)cc2C1. The van der Waals surface area contributed by atoms with Crippen LogP contribution >= 0.6 is 0 Å². The van der Waals surface area contributed by atoms with Crippen molar-refractivity contribution in [3.8, 4) is 0 Å². The molecular formula is C14H14N2O2. The average Bonchev–Trinajstić information content (AvgIpc) is 2.95. The molecule has 0 saturated heterocycles. The maximum Gasteiger partial charge on any atom is 0.291 e. The van der Waals surface area contributed by atoms with E-state index >= 15 is 0 Å². The molecule has 1 aliphatic rings. The fraction of sp³-hybridized carbons (Fsp3) is 0.214. The van der Waals surface area contributed by atoms with Gasteiger partial charge in [-0.15, -0.1) is 0 Å². The van der Waals surface area contributed by atoms with Crippen LogP contribution in [0.4, 0.5) is 5.69 Å². The molecule has 0 unspecified atom stereocenters. The van der Waals surface area contributed by atoms with Gasteiger partial charge >= 0.3 is 0 Å². The molecule has 1 aromatic carbocycles. The molecule has 2 aromatic rings. The summed E-state index contributed by atoms with van der Waals surface area (Å²) >= 11 is 0. The minimum atomic E-state index is -0.216. The van der Waals surface area contributed by atoms with Gasteiger partial charge in [0.05, 0.1) is 6.26 Å². The molecule has 1 aromatic heterocycles. The molecule has 92 valence electrons. The Bertz CT molecular complexity index is 575. The van der Waals surface area contributed by atoms with Crippen molar-refractivity contribution in [2.24, 2.45) is 0 Å². The molecule has 0 saturated carbocycles. The van der Waals surface area contributed by atoms with Gasteiger partial charge in [-0.05, 0) is 42.4 Å². The highest BCUT2D eigenvalue weighted by Crippen LogP contribution is 2.24. The molecule has 0 bridgehead atoms. The molecule has 18 heavy (non-hydrogen) atoms. The zero-order valence-electron chi connectivity index (χ0n) is 10.1. The van der Waals surface area contributed by atoms with Crippen LogP contribution in [-0.2, 0) is 13.1 Å². The normalized spacial score (nSPS) is 14.5. The van der Waals surface area contributed by atoms with Crippen LogP contribution in [0.1, 0.15) is 21.7 Å². The van der Waals surface area contributed by atoms with E-state index in [1.54, 1.807) is 12.1 Å². The van der Waals surface area contributed by atoms with Gasteiger partial charge in [-0.2, -0.15) is 0 Å². The van der Waals surface area contributed by atoms with Gasteiger partial charge in [0.2, 0.25) is 0 Å². The highest BCUT2D eigenvalue weighted by atomic mass is 16.3. The van der Waals surface area contributed by atoms with Crippen LogP contribution in [-0.4, -0.2) is 17.9 Å². The van der Waals surface area contributed by atoms with Gasteiger partial charge < -0.3 is 9.73 Å². The summed E-state index contributed by atoms with van der Waals surface area (Å²) in [5, 5.41) is 2.84. The first-order valence-corrected chi connectivity index (χ1v) is 5.87. The van der Waals surface area contributed by atoms with Crippen molar-refractivity contribution < 1.29 is 9.21 Å². The first-order chi connectivity index (χ1) is 8.72. The summed E-state index contributed by atoms with van der Waals surface area (Å²) < 4.78 is 5.06. The summed E-state index contributed by atoms with van der Waals surface area (Å²) in [5.41, 5.74) is 3.41. The largest absolute Gasteiger partial charge is 0.459 e. The van der Waals surface area contributed by atoms with Crippen LogP contribution in [0.2, 0.25) is 0 Å². The van der Waals surface area contributed by atoms with Gasteiger partial charge in [-0.3, -0.25) is 9.69 Å². The van der Waals surface area contributed by atoms with E-state index in [0.717, 1.165) is 18.8 Å². The average molecular weight is 242 g/mol. The second kappa shape index (κ2) is 4.31. The highest BCUT2D eigenvalue weighted by Gasteiger charge is 2.16. The number of hydrogen-bond donors (Lipinski definition) is 1. The van der Waals surface area contributed by atoms with Gasteiger partial charge in [0.25, 0.3) is 5.91 Å².